The van der Waals surface area contributed by atoms with Gasteiger partial charge in [-0.1, -0.05) is 6.92 Å². The van der Waals surface area contributed by atoms with Crippen LogP contribution in [0.4, 0.5) is 10.1 Å². The average Bonchev–Trinajstić information content (AvgIpc) is 2.80. The Bertz CT molecular complexity index is 929. The van der Waals surface area contributed by atoms with E-state index in [1.54, 1.807) is 24.3 Å². The summed E-state index contributed by atoms with van der Waals surface area (Å²) in [6.45, 7) is 1.67. The van der Waals surface area contributed by atoms with Gasteiger partial charge >= 0.3 is 5.97 Å². The van der Waals surface area contributed by atoms with E-state index in [4.69, 9.17) is 9.47 Å². The van der Waals surface area contributed by atoms with Crippen molar-refractivity contribution in [3.63, 3.8) is 0 Å². The predicted molar refractivity (Wildman–Crippen MR) is 115 cm³/mol. The first-order valence-electron chi connectivity index (χ1n) is 10.1. The van der Waals surface area contributed by atoms with Crippen LogP contribution in [0.1, 0.15) is 36.5 Å². The van der Waals surface area contributed by atoms with Crippen LogP contribution in [0.25, 0.3) is 0 Å². The second kappa shape index (κ2) is 12.8. The largest absolute Gasteiger partial charge is 0.494 e. The van der Waals surface area contributed by atoms with E-state index in [0.29, 0.717) is 23.6 Å². The van der Waals surface area contributed by atoms with Gasteiger partial charge < -0.3 is 20.1 Å². The Labute approximate surface area is 185 Å². The summed E-state index contributed by atoms with van der Waals surface area (Å²) in [7, 11) is 0. The molecule has 0 heterocycles. The lowest BCUT2D eigenvalue weighted by atomic mass is 10.1. The van der Waals surface area contributed by atoms with E-state index in [0.717, 1.165) is 6.42 Å². The third kappa shape index (κ3) is 8.95. The minimum absolute atomic E-state index is 0.0598. The smallest absolute Gasteiger partial charge is 0.306 e. The quantitative estimate of drug-likeness (QED) is 0.385. The van der Waals surface area contributed by atoms with Crippen molar-refractivity contribution in [1.82, 2.24) is 5.32 Å². The lowest BCUT2D eigenvalue weighted by Crippen LogP contribution is -2.35. The number of hydrogen-bond donors (Lipinski definition) is 2. The van der Waals surface area contributed by atoms with Crippen LogP contribution in [0, 0.1) is 5.82 Å². The molecule has 2 amide bonds. The number of hydrogen-bond acceptors (Lipinski definition) is 6. The number of carbonyl (C=O) groups excluding carboxylic acids is 4. The molecule has 0 radical (unpaired) electrons. The van der Waals surface area contributed by atoms with E-state index in [9.17, 15) is 23.6 Å². The van der Waals surface area contributed by atoms with Crippen LogP contribution in [0.2, 0.25) is 0 Å². The zero-order valence-corrected chi connectivity index (χ0v) is 17.7. The lowest BCUT2D eigenvalue weighted by molar-refractivity contribution is -0.148. The summed E-state index contributed by atoms with van der Waals surface area (Å²) >= 11 is 0. The molecular formula is C23H25FN2O6. The Morgan fingerprint density at radius 3 is 2.25 bits per heavy atom. The summed E-state index contributed by atoms with van der Waals surface area (Å²) in [6.07, 6.45) is 0.644. The molecule has 0 aliphatic heterocycles. The minimum Gasteiger partial charge on any atom is -0.494 e. The number of rotatable bonds is 12. The molecule has 2 aromatic rings. The zero-order chi connectivity index (χ0) is 23.3. The van der Waals surface area contributed by atoms with Crippen molar-refractivity contribution in [2.24, 2.45) is 0 Å². The standard InChI is InChI=1S/C23H25FN2O6/c1-2-13-31-19-9-3-16(4-10-19)20(27)11-12-23(30)32-15-22(29)25-14-21(28)26-18-7-5-17(24)6-8-18/h3-10H,2,11-15H2,1H3,(H,25,29)(H,26,28). The van der Waals surface area contributed by atoms with Crippen molar-refractivity contribution in [3.05, 3.63) is 59.9 Å². The van der Waals surface area contributed by atoms with Crippen LogP contribution < -0.4 is 15.4 Å². The number of nitrogens with one attached hydrogen (secondary N) is 2. The molecule has 0 saturated heterocycles. The Morgan fingerprint density at radius 2 is 1.59 bits per heavy atom. The van der Waals surface area contributed by atoms with Crippen molar-refractivity contribution in [1.29, 1.82) is 0 Å². The Kier molecular flexibility index (Phi) is 9.83. The number of esters is 1. The SMILES string of the molecule is CCCOc1ccc(C(=O)CCC(=O)OCC(=O)NCC(=O)Nc2ccc(F)cc2)cc1. The van der Waals surface area contributed by atoms with Crippen LogP contribution in [-0.4, -0.2) is 43.3 Å². The molecule has 0 atom stereocenters. The van der Waals surface area contributed by atoms with Gasteiger partial charge in [-0.2, -0.15) is 0 Å². The first-order valence-corrected chi connectivity index (χ1v) is 10.1. The fourth-order valence-corrected chi connectivity index (χ4v) is 2.50. The molecule has 0 aliphatic carbocycles. The zero-order valence-electron chi connectivity index (χ0n) is 17.7. The molecule has 0 saturated carbocycles. The number of halogens is 1. The Hall–Kier alpha value is -3.75. The molecule has 0 unspecified atom stereocenters. The van der Waals surface area contributed by atoms with Gasteiger partial charge in [0, 0.05) is 17.7 Å². The number of ketones is 1. The molecule has 0 bridgehead atoms. The first kappa shape index (κ1) is 24.5. The Balaban J connectivity index is 1.63. The summed E-state index contributed by atoms with van der Waals surface area (Å²) in [5.74, 6) is -1.89. The number of amides is 2. The van der Waals surface area contributed by atoms with Crippen LogP contribution >= 0.6 is 0 Å². The monoisotopic (exact) mass is 444 g/mol. The number of carbonyl (C=O) groups is 4. The third-order valence-electron chi connectivity index (χ3n) is 4.14. The summed E-state index contributed by atoms with van der Waals surface area (Å²) in [4.78, 5) is 47.4. The first-order chi connectivity index (χ1) is 15.4. The fraction of sp³-hybridized carbons (Fsp3) is 0.304. The van der Waals surface area contributed by atoms with Crippen LogP contribution in [0.5, 0.6) is 5.75 Å². The molecule has 0 aromatic heterocycles. The van der Waals surface area contributed by atoms with Crippen molar-refractivity contribution in [2.75, 3.05) is 25.1 Å². The molecule has 9 heteroatoms. The van der Waals surface area contributed by atoms with Crippen LogP contribution in [0.3, 0.4) is 0 Å². The highest BCUT2D eigenvalue weighted by Crippen LogP contribution is 2.14. The fourth-order valence-electron chi connectivity index (χ4n) is 2.50. The van der Waals surface area contributed by atoms with Gasteiger partial charge in [0.15, 0.2) is 12.4 Å². The van der Waals surface area contributed by atoms with Gasteiger partial charge in [0.2, 0.25) is 5.91 Å². The molecule has 170 valence electrons. The van der Waals surface area contributed by atoms with Crippen molar-refractivity contribution >= 4 is 29.3 Å². The molecule has 0 fully saturated rings. The summed E-state index contributed by atoms with van der Waals surface area (Å²) < 4.78 is 23.1. The van der Waals surface area contributed by atoms with Gasteiger partial charge in [0.1, 0.15) is 11.6 Å². The van der Waals surface area contributed by atoms with E-state index in [2.05, 4.69) is 10.6 Å². The summed E-state index contributed by atoms with van der Waals surface area (Å²) in [5.41, 5.74) is 0.830. The van der Waals surface area contributed by atoms with Crippen LogP contribution in [-0.2, 0) is 19.1 Å². The molecule has 2 rings (SSSR count). The number of anilines is 1. The number of Topliss-reactive ketones (excluding diaryl/α,β-unsaturated/α-hetero) is 1. The van der Waals surface area contributed by atoms with Crippen molar-refractivity contribution < 1.29 is 33.0 Å². The number of ether oxygens (including phenoxy) is 2. The normalized spacial score (nSPS) is 10.2. The molecule has 2 N–H and O–H groups in total. The average molecular weight is 444 g/mol. The van der Waals surface area contributed by atoms with Gasteiger partial charge in [-0.15, -0.1) is 0 Å². The van der Waals surface area contributed by atoms with E-state index < -0.39 is 30.2 Å². The minimum atomic E-state index is -0.702. The second-order valence-electron chi connectivity index (χ2n) is 6.79. The van der Waals surface area contributed by atoms with Gasteiger partial charge in [0.05, 0.1) is 19.6 Å². The van der Waals surface area contributed by atoms with Gasteiger partial charge in [-0.25, -0.2) is 4.39 Å². The highest BCUT2D eigenvalue weighted by molar-refractivity contribution is 5.98. The number of benzene rings is 2. The molecule has 0 spiro atoms. The van der Waals surface area contributed by atoms with Crippen molar-refractivity contribution in [2.45, 2.75) is 26.2 Å². The van der Waals surface area contributed by atoms with Gasteiger partial charge in [-0.3, -0.25) is 19.2 Å². The van der Waals surface area contributed by atoms with E-state index in [-0.39, 0.29) is 25.2 Å². The molecule has 8 nitrogen and oxygen atoms in total. The third-order valence-corrected chi connectivity index (χ3v) is 4.14. The molecule has 2 aromatic carbocycles. The summed E-state index contributed by atoms with van der Waals surface area (Å²) in [6, 6.07) is 11.8. The van der Waals surface area contributed by atoms with E-state index in [1.807, 2.05) is 6.92 Å². The van der Waals surface area contributed by atoms with Crippen LogP contribution in [0.15, 0.2) is 48.5 Å². The highest BCUT2D eigenvalue weighted by atomic mass is 19.1. The molecule has 0 aliphatic rings. The highest BCUT2D eigenvalue weighted by Gasteiger charge is 2.13. The predicted octanol–water partition coefficient (Wildman–Crippen LogP) is 2.88. The molecular weight excluding hydrogens is 419 g/mol. The summed E-state index contributed by atoms with van der Waals surface area (Å²) in [5, 5.41) is 4.78. The molecule has 32 heavy (non-hydrogen) atoms. The van der Waals surface area contributed by atoms with Gasteiger partial charge in [-0.05, 0) is 55.0 Å². The van der Waals surface area contributed by atoms with Gasteiger partial charge in [0.25, 0.3) is 5.91 Å². The topological polar surface area (TPSA) is 111 Å². The maximum Gasteiger partial charge on any atom is 0.306 e. The second-order valence-corrected chi connectivity index (χ2v) is 6.79. The van der Waals surface area contributed by atoms with E-state index in [1.165, 1.54) is 24.3 Å². The van der Waals surface area contributed by atoms with Crippen molar-refractivity contribution in [3.8, 4) is 5.75 Å². The lowest BCUT2D eigenvalue weighted by Gasteiger charge is -2.08. The van der Waals surface area contributed by atoms with E-state index >= 15 is 0 Å². The Morgan fingerprint density at radius 1 is 0.906 bits per heavy atom. The maximum absolute atomic E-state index is 12.8. The maximum atomic E-state index is 12.8.